The first-order valence-corrected chi connectivity index (χ1v) is 6.31. The van der Waals surface area contributed by atoms with E-state index in [1.165, 1.54) is 6.07 Å². The van der Waals surface area contributed by atoms with E-state index in [1.54, 1.807) is 24.1 Å². The lowest BCUT2D eigenvalue weighted by Crippen LogP contribution is -2.30. The molecule has 0 aliphatic heterocycles. The molecular weight excluding hydrogens is 231 g/mol. The first-order chi connectivity index (χ1) is 8.54. The van der Waals surface area contributed by atoms with Crippen molar-refractivity contribution in [3.63, 3.8) is 0 Å². The zero-order valence-electron chi connectivity index (χ0n) is 11.5. The van der Waals surface area contributed by atoms with Crippen molar-refractivity contribution in [1.82, 2.24) is 10.2 Å². The van der Waals surface area contributed by atoms with Gasteiger partial charge in [-0.3, -0.25) is 4.79 Å². The maximum absolute atomic E-state index is 13.9. The van der Waals surface area contributed by atoms with Crippen molar-refractivity contribution < 1.29 is 9.18 Å². The van der Waals surface area contributed by atoms with Gasteiger partial charge in [-0.15, -0.1) is 0 Å². The standard InChI is InChI=1S/C14H21FN2O/c1-5-17(6-2)14(18)11-7-8-12(10(3)16-4)13(15)9-11/h7-10,16H,5-6H2,1-4H3. The Bertz CT molecular complexity index is 416. The molecule has 3 nitrogen and oxygen atoms in total. The van der Waals surface area contributed by atoms with Crippen LogP contribution in [-0.4, -0.2) is 30.9 Å². The molecule has 0 bridgehead atoms. The van der Waals surface area contributed by atoms with Crippen LogP contribution >= 0.6 is 0 Å². The van der Waals surface area contributed by atoms with Crippen molar-refractivity contribution >= 4 is 5.91 Å². The maximum Gasteiger partial charge on any atom is 0.253 e. The minimum atomic E-state index is -0.338. The van der Waals surface area contributed by atoms with Gasteiger partial charge < -0.3 is 10.2 Å². The summed E-state index contributed by atoms with van der Waals surface area (Å²) >= 11 is 0. The van der Waals surface area contributed by atoms with Gasteiger partial charge >= 0.3 is 0 Å². The molecular formula is C14H21FN2O. The van der Waals surface area contributed by atoms with E-state index in [0.29, 0.717) is 24.2 Å². The Morgan fingerprint density at radius 2 is 2.00 bits per heavy atom. The first-order valence-electron chi connectivity index (χ1n) is 6.31. The number of carbonyl (C=O) groups excluding carboxylic acids is 1. The fraction of sp³-hybridized carbons (Fsp3) is 0.500. The average molecular weight is 252 g/mol. The van der Waals surface area contributed by atoms with Crippen LogP contribution in [0.3, 0.4) is 0 Å². The van der Waals surface area contributed by atoms with E-state index in [2.05, 4.69) is 5.32 Å². The van der Waals surface area contributed by atoms with Crippen molar-refractivity contribution in [1.29, 1.82) is 0 Å². The molecule has 100 valence electrons. The second-order valence-electron chi connectivity index (χ2n) is 4.22. The van der Waals surface area contributed by atoms with Crippen LogP contribution in [0.5, 0.6) is 0 Å². The van der Waals surface area contributed by atoms with Crippen LogP contribution in [0, 0.1) is 5.82 Å². The van der Waals surface area contributed by atoms with Crippen LogP contribution in [-0.2, 0) is 0 Å². The van der Waals surface area contributed by atoms with Crippen LogP contribution in [0.15, 0.2) is 18.2 Å². The highest BCUT2D eigenvalue weighted by atomic mass is 19.1. The molecule has 0 aromatic heterocycles. The molecule has 1 aromatic carbocycles. The van der Waals surface area contributed by atoms with Gasteiger partial charge in [-0.05, 0) is 40.0 Å². The van der Waals surface area contributed by atoms with Gasteiger partial charge in [0, 0.05) is 30.3 Å². The zero-order valence-corrected chi connectivity index (χ0v) is 11.5. The number of nitrogens with zero attached hydrogens (tertiary/aromatic N) is 1. The van der Waals surface area contributed by atoms with Crippen molar-refractivity contribution in [3.05, 3.63) is 35.1 Å². The molecule has 0 aliphatic rings. The second kappa shape index (κ2) is 6.50. The number of hydrogen-bond donors (Lipinski definition) is 1. The maximum atomic E-state index is 13.9. The SMILES string of the molecule is CCN(CC)C(=O)c1ccc(C(C)NC)c(F)c1. The molecule has 1 N–H and O–H groups in total. The molecule has 1 unspecified atom stereocenters. The third kappa shape index (κ3) is 3.07. The molecule has 4 heteroatoms. The quantitative estimate of drug-likeness (QED) is 0.873. The second-order valence-corrected chi connectivity index (χ2v) is 4.22. The van der Waals surface area contributed by atoms with Gasteiger partial charge in [0.15, 0.2) is 0 Å². The minimum absolute atomic E-state index is 0.0670. The predicted octanol–water partition coefficient (Wildman–Crippen LogP) is 2.59. The van der Waals surface area contributed by atoms with Gasteiger partial charge in [0.2, 0.25) is 0 Å². The Kier molecular flexibility index (Phi) is 5.28. The predicted molar refractivity (Wildman–Crippen MR) is 71.1 cm³/mol. The number of rotatable bonds is 5. The van der Waals surface area contributed by atoms with Crippen molar-refractivity contribution in [2.45, 2.75) is 26.8 Å². The van der Waals surface area contributed by atoms with Crippen LogP contribution < -0.4 is 5.32 Å². The van der Waals surface area contributed by atoms with E-state index in [1.807, 2.05) is 20.8 Å². The average Bonchev–Trinajstić information content (AvgIpc) is 2.39. The number of carbonyl (C=O) groups is 1. The summed E-state index contributed by atoms with van der Waals surface area (Å²) in [5.41, 5.74) is 0.983. The van der Waals surface area contributed by atoms with Gasteiger partial charge in [-0.1, -0.05) is 6.07 Å². The van der Waals surface area contributed by atoms with E-state index in [4.69, 9.17) is 0 Å². The van der Waals surface area contributed by atoms with Gasteiger partial charge in [-0.25, -0.2) is 4.39 Å². The summed E-state index contributed by atoms with van der Waals surface area (Å²) in [6, 6.07) is 4.62. The summed E-state index contributed by atoms with van der Waals surface area (Å²) in [6.07, 6.45) is 0. The fourth-order valence-corrected chi connectivity index (χ4v) is 1.86. The summed E-state index contributed by atoms with van der Waals surface area (Å²) < 4.78 is 13.9. The zero-order chi connectivity index (χ0) is 13.7. The third-order valence-corrected chi connectivity index (χ3v) is 3.20. The van der Waals surface area contributed by atoms with Gasteiger partial charge in [0.25, 0.3) is 5.91 Å². The summed E-state index contributed by atoms with van der Waals surface area (Å²) in [6.45, 7) is 6.96. The highest BCUT2D eigenvalue weighted by molar-refractivity contribution is 5.94. The van der Waals surface area contributed by atoms with Crippen LogP contribution in [0.25, 0.3) is 0 Å². The summed E-state index contributed by atoms with van der Waals surface area (Å²) in [5.74, 6) is -0.461. The Morgan fingerprint density at radius 3 is 2.44 bits per heavy atom. The monoisotopic (exact) mass is 252 g/mol. The Morgan fingerprint density at radius 1 is 1.39 bits per heavy atom. The number of hydrogen-bond acceptors (Lipinski definition) is 2. The molecule has 0 radical (unpaired) electrons. The Hall–Kier alpha value is -1.42. The lowest BCUT2D eigenvalue weighted by atomic mass is 10.0. The highest BCUT2D eigenvalue weighted by Gasteiger charge is 2.16. The number of amides is 1. The van der Waals surface area contributed by atoms with E-state index in [-0.39, 0.29) is 17.8 Å². The van der Waals surface area contributed by atoms with Crippen LogP contribution in [0.1, 0.15) is 42.7 Å². The summed E-state index contributed by atoms with van der Waals surface area (Å²) in [7, 11) is 1.78. The molecule has 1 atom stereocenters. The molecule has 1 rings (SSSR count). The van der Waals surface area contributed by atoms with Gasteiger partial charge in [-0.2, -0.15) is 0 Å². The summed E-state index contributed by atoms with van der Waals surface area (Å²) in [4.78, 5) is 13.7. The summed E-state index contributed by atoms with van der Waals surface area (Å²) in [5, 5.41) is 2.98. The molecule has 0 saturated carbocycles. The van der Waals surface area contributed by atoms with E-state index in [0.717, 1.165) is 0 Å². The van der Waals surface area contributed by atoms with E-state index < -0.39 is 0 Å². The van der Waals surface area contributed by atoms with Crippen LogP contribution in [0.2, 0.25) is 0 Å². The molecule has 0 aliphatic carbocycles. The lowest BCUT2D eigenvalue weighted by Gasteiger charge is -2.19. The molecule has 18 heavy (non-hydrogen) atoms. The molecule has 0 fully saturated rings. The number of nitrogens with one attached hydrogen (secondary N) is 1. The fourth-order valence-electron chi connectivity index (χ4n) is 1.86. The number of halogens is 1. The number of benzene rings is 1. The van der Waals surface area contributed by atoms with E-state index >= 15 is 0 Å². The van der Waals surface area contributed by atoms with Crippen molar-refractivity contribution in [2.75, 3.05) is 20.1 Å². The Balaban J connectivity index is 3.00. The Labute approximate surface area is 108 Å². The lowest BCUT2D eigenvalue weighted by molar-refractivity contribution is 0.0772. The molecule has 0 saturated heterocycles. The van der Waals surface area contributed by atoms with Gasteiger partial charge in [0.1, 0.15) is 5.82 Å². The van der Waals surface area contributed by atoms with Crippen molar-refractivity contribution in [3.8, 4) is 0 Å². The molecule has 0 spiro atoms. The molecule has 1 amide bonds. The minimum Gasteiger partial charge on any atom is -0.339 e. The first kappa shape index (κ1) is 14.6. The topological polar surface area (TPSA) is 32.3 Å². The normalized spacial score (nSPS) is 12.3. The van der Waals surface area contributed by atoms with Gasteiger partial charge in [0.05, 0.1) is 0 Å². The molecule has 0 heterocycles. The highest BCUT2D eigenvalue weighted by Crippen LogP contribution is 2.18. The third-order valence-electron chi connectivity index (χ3n) is 3.20. The largest absolute Gasteiger partial charge is 0.339 e. The van der Waals surface area contributed by atoms with Crippen LogP contribution in [0.4, 0.5) is 4.39 Å². The van der Waals surface area contributed by atoms with E-state index in [9.17, 15) is 9.18 Å². The smallest absolute Gasteiger partial charge is 0.253 e. The molecule has 1 aromatic rings. The van der Waals surface area contributed by atoms with Crippen molar-refractivity contribution in [2.24, 2.45) is 0 Å².